The zero-order valence-electron chi connectivity index (χ0n) is 13.3. The average Bonchev–Trinajstić information content (AvgIpc) is 2.59. The third kappa shape index (κ3) is 6.64. The molecule has 2 amide bonds. The molecule has 0 aromatic heterocycles. The van der Waals surface area contributed by atoms with Gasteiger partial charge in [0.2, 0.25) is 0 Å². The lowest BCUT2D eigenvalue weighted by atomic mass is 10.3. The maximum absolute atomic E-state index is 11.9. The van der Waals surface area contributed by atoms with E-state index in [9.17, 15) is 9.59 Å². The molecule has 2 aromatic carbocycles. The molecular weight excluding hydrogens is 412 g/mol. The molecule has 132 valence electrons. The van der Waals surface area contributed by atoms with Gasteiger partial charge in [-0.1, -0.05) is 33.6 Å². The third-order valence-electron chi connectivity index (χ3n) is 2.99. The number of rotatable bonds is 6. The van der Waals surface area contributed by atoms with E-state index in [1.54, 1.807) is 49.4 Å². The van der Waals surface area contributed by atoms with Crippen LogP contribution in [0.5, 0.6) is 11.5 Å². The quantitative estimate of drug-likeness (QED) is 0.695. The number of carbonyl (C=O) groups excluding carboxylic acids is 2. The largest absolute Gasteiger partial charge is 0.484 e. The highest BCUT2D eigenvalue weighted by molar-refractivity contribution is 9.10. The van der Waals surface area contributed by atoms with Crippen LogP contribution < -0.4 is 20.3 Å². The van der Waals surface area contributed by atoms with E-state index >= 15 is 0 Å². The van der Waals surface area contributed by atoms with E-state index in [0.717, 1.165) is 4.47 Å². The molecule has 0 saturated carbocycles. The first-order chi connectivity index (χ1) is 11.9. The fourth-order valence-electron chi connectivity index (χ4n) is 1.75. The van der Waals surface area contributed by atoms with Gasteiger partial charge in [-0.3, -0.25) is 20.4 Å². The van der Waals surface area contributed by atoms with Crippen LogP contribution in [0, 0.1) is 0 Å². The minimum Gasteiger partial charge on any atom is -0.484 e. The zero-order valence-corrected chi connectivity index (χ0v) is 15.6. The molecule has 25 heavy (non-hydrogen) atoms. The number of hydrazine groups is 1. The van der Waals surface area contributed by atoms with Gasteiger partial charge in [-0.05, 0) is 49.4 Å². The van der Waals surface area contributed by atoms with Gasteiger partial charge in [0.25, 0.3) is 11.8 Å². The maximum atomic E-state index is 11.9. The van der Waals surface area contributed by atoms with Crippen LogP contribution in [0.4, 0.5) is 0 Å². The lowest BCUT2D eigenvalue weighted by molar-refractivity contribution is -0.133. The van der Waals surface area contributed by atoms with Gasteiger partial charge >= 0.3 is 0 Å². The summed E-state index contributed by atoms with van der Waals surface area (Å²) in [4.78, 5) is 23.6. The molecule has 1 unspecified atom stereocenters. The van der Waals surface area contributed by atoms with Gasteiger partial charge < -0.3 is 9.47 Å². The van der Waals surface area contributed by atoms with Crippen LogP contribution in [0.1, 0.15) is 6.92 Å². The Kier molecular flexibility index (Phi) is 7.09. The average molecular weight is 428 g/mol. The summed E-state index contributed by atoms with van der Waals surface area (Å²) < 4.78 is 11.6. The van der Waals surface area contributed by atoms with Gasteiger partial charge in [0, 0.05) is 9.50 Å². The molecular formula is C17H16BrClN2O4. The summed E-state index contributed by atoms with van der Waals surface area (Å²) in [5, 5.41) is 0.573. The van der Waals surface area contributed by atoms with E-state index in [4.69, 9.17) is 21.1 Å². The van der Waals surface area contributed by atoms with Crippen molar-refractivity contribution in [1.29, 1.82) is 0 Å². The van der Waals surface area contributed by atoms with Gasteiger partial charge in [0.05, 0.1) is 0 Å². The number of hydrogen-bond donors (Lipinski definition) is 2. The second kappa shape index (κ2) is 9.29. The topological polar surface area (TPSA) is 76.7 Å². The van der Waals surface area contributed by atoms with E-state index in [1.165, 1.54) is 0 Å². The molecule has 0 aliphatic heterocycles. The molecule has 0 fully saturated rings. The smallest absolute Gasteiger partial charge is 0.279 e. The number of hydrogen-bond acceptors (Lipinski definition) is 4. The summed E-state index contributed by atoms with van der Waals surface area (Å²) in [6.07, 6.45) is -0.785. The molecule has 0 aliphatic rings. The van der Waals surface area contributed by atoms with Crippen molar-refractivity contribution in [2.45, 2.75) is 13.0 Å². The Labute approximate surface area is 158 Å². The van der Waals surface area contributed by atoms with Crippen molar-refractivity contribution in [3.05, 3.63) is 58.0 Å². The highest BCUT2D eigenvalue weighted by Gasteiger charge is 2.15. The second-order valence-electron chi connectivity index (χ2n) is 5.00. The van der Waals surface area contributed by atoms with Crippen LogP contribution in [0.15, 0.2) is 53.0 Å². The van der Waals surface area contributed by atoms with E-state index in [0.29, 0.717) is 16.5 Å². The van der Waals surface area contributed by atoms with Crippen molar-refractivity contribution in [3.8, 4) is 11.5 Å². The molecule has 6 nitrogen and oxygen atoms in total. The molecule has 0 aliphatic carbocycles. The number of nitrogens with one attached hydrogen (secondary N) is 2. The van der Waals surface area contributed by atoms with Gasteiger partial charge in [-0.25, -0.2) is 0 Å². The lowest BCUT2D eigenvalue weighted by Gasteiger charge is -2.15. The van der Waals surface area contributed by atoms with Crippen molar-refractivity contribution in [2.24, 2.45) is 0 Å². The Hall–Kier alpha value is -2.25. The van der Waals surface area contributed by atoms with Crippen LogP contribution >= 0.6 is 27.5 Å². The maximum Gasteiger partial charge on any atom is 0.279 e. The Morgan fingerprint density at radius 3 is 2.52 bits per heavy atom. The molecule has 0 spiro atoms. The fraction of sp³-hybridized carbons (Fsp3) is 0.176. The number of halogens is 2. The molecule has 2 aromatic rings. The Balaban J connectivity index is 1.72. The standard InChI is InChI=1S/C17H16BrClN2O4/c1-11(25-15-4-2-3-12(18)9-15)17(23)21-20-16(22)10-24-14-7-5-13(19)6-8-14/h2-9,11H,10H2,1H3,(H,20,22)(H,21,23). The van der Waals surface area contributed by atoms with Crippen molar-refractivity contribution in [1.82, 2.24) is 10.9 Å². The Morgan fingerprint density at radius 1 is 1.12 bits per heavy atom. The summed E-state index contributed by atoms with van der Waals surface area (Å²) in [5.41, 5.74) is 4.55. The number of carbonyl (C=O) groups is 2. The van der Waals surface area contributed by atoms with Gasteiger partial charge in [0.15, 0.2) is 12.7 Å². The molecule has 0 bridgehead atoms. The summed E-state index contributed by atoms with van der Waals surface area (Å²) in [7, 11) is 0. The third-order valence-corrected chi connectivity index (χ3v) is 3.73. The van der Waals surface area contributed by atoms with E-state index < -0.39 is 17.9 Å². The van der Waals surface area contributed by atoms with Crippen molar-refractivity contribution >= 4 is 39.3 Å². The zero-order chi connectivity index (χ0) is 18.2. The summed E-state index contributed by atoms with van der Waals surface area (Å²) >= 11 is 9.08. The number of ether oxygens (including phenoxy) is 2. The second-order valence-corrected chi connectivity index (χ2v) is 6.35. The molecule has 1 atom stereocenters. The molecule has 8 heteroatoms. The van der Waals surface area contributed by atoms with Gasteiger partial charge in [-0.15, -0.1) is 0 Å². The van der Waals surface area contributed by atoms with Crippen LogP contribution in [-0.2, 0) is 9.59 Å². The SMILES string of the molecule is CC(Oc1cccc(Br)c1)C(=O)NNC(=O)COc1ccc(Cl)cc1. The normalized spacial score (nSPS) is 11.3. The lowest BCUT2D eigenvalue weighted by Crippen LogP contribution is -2.48. The van der Waals surface area contributed by atoms with Crippen LogP contribution in [0.2, 0.25) is 5.02 Å². The predicted molar refractivity (Wildman–Crippen MR) is 97.5 cm³/mol. The van der Waals surface area contributed by atoms with Crippen molar-refractivity contribution < 1.29 is 19.1 Å². The Bertz CT molecular complexity index is 740. The molecule has 0 radical (unpaired) electrons. The molecule has 2 rings (SSSR count). The summed E-state index contributed by atoms with van der Waals surface area (Å²) in [6.45, 7) is 1.33. The summed E-state index contributed by atoms with van der Waals surface area (Å²) in [5.74, 6) is 0.0458. The highest BCUT2D eigenvalue weighted by Crippen LogP contribution is 2.19. The number of amides is 2. The fourth-order valence-corrected chi connectivity index (χ4v) is 2.25. The highest BCUT2D eigenvalue weighted by atomic mass is 79.9. The van der Waals surface area contributed by atoms with Crippen LogP contribution in [-0.4, -0.2) is 24.5 Å². The minimum absolute atomic E-state index is 0.247. The minimum atomic E-state index is -0.785. The predicted octanol–water partition coefficient (Wildman–Crippen LogP) is 3.10. The molecule has 2 N–H and O–H groups in total. The van der Waals surface area contributed by atoms with Crippen LogP contribution in [0.3, 0.4) is 0 Å². The van der Waals surface area contributed by atoms with E-state index in [-0.39, 0.29) is 6.61 Å². The van der Waals surface area contributed by atoms with E-state index in [2.05, 4.69) is 26.8 Å². The van der Waals surface area contributed by atoms with E-state index in [1.807, 2.05) is 6.07 Å². The van der Waals surface area contributed by atoms with Crippen molar-refractivity contribution in [2.75, 3.05) is 6.61 Å². The molecule has 0 saturated heterocycles. The summed E-state index contributed by atoms with van der Waals surface area (Å²) in [6, 6.07) is 13.7. The first kappa shape index (κ1) is 19.1. The molecule has 0 heterocycles. The Morgan fingerprint density at radius 2 is 1.84 bits per heavy atom. The first-order valence-corrected chi connectivity index (χ1v) is 8.50. The van der Waals surface area contributed by atoms with Crippen LogP contribution in [0.25, 0.3) is 0 Å². The number of benzene rings is 2. The van der Waals surface area contributed by atoms with Gasteiger partial charge in [-0.2, -0.15) is 0 Å². The monoisotopic (exact) mass is 426 g/mol. The van der Waals surface area contributed by atoms with Crippen molar-refractivity contribution in [3.63, 3.8) is 0 Å². The van der Waals surface area contributed by atoms with Gasteiger partial charge in [0.1, 0.15) is 11.5 Å². The first-order valence-electron chi connectivity index (χ1n) is 7.33.